The van der Waals surface area contributed by atoms with Crippen LogP contribution in [0.2, 0.25) is 0 Å². The molecule has 0 spiro atoms. The standard InChI is InChI=1S/C16H19F6N3O2/c1-23(8-6-15(17,18)19)14-9-12(4-5-13(14)25(26)27)24-7-2-3-11(10-24)16(20,21)22/h4-5,9,11H,2-3,6-8,10H2,1H3. The monoisotopic (exact) mass is 399 g/mol. The van der Waals surface area contributed by atoms with Crippen molar-refractivity contribution in [3.8, 4) is 0 Å². The number of nitro groups is 1. The van der Waals surface area contributed by atoms with Gasteiger partial charge in [0.25, 0.3) is 5.69 Å². The van der Waals surface area contributed by atoms with E-state index in [-0.39, 0.29) is 18.7 Å². The van der Waals surface area contributed by atoms with Crippen molar-refractivity contribution in [1.29, 1.82) is 0 Å². The van der Waals surface area contributed by atoms with E-state index in [0.29, 0.717) is 18.7 Å². The molecule has 0 bridgehead atoms. The molecule has 1 atom stereocenters. The number of rotatable bonds is 5. The highest BCUT2D eigenvalue weighted by molar-refractivity contribution is 5.70. The SMILES string of the molecule is CN(CCC(F)(F)F)c1cc(N2CCCC(C(F)(F)F)C2)ccc1[N+](=O)[O-]. The number of nitrogens with zero attached hydrogens (tertiary/aromatic N) is 3. The van der Waals surface area contributed by atoms with Crippen molar-refractivity contribution < 1.29 is 31.3 Å². The quantitative estimate of drug-likeness (QED) is 0.407. The maximum atomic E-state index is 13.0. The van der Waals surface area contributed by atoms with E-state index in [9.17, 15) is 36.5 Å². The molecule has 1 aromatic rings. The van der Waals surface area contributed by atoms with E-state index in [0.717, 1.165) is 11.0 Å². The van der Waals surface area contributed by atoms with Gasteiger partial charge in [0, 0.05) is 38.4 Å². The highest BCUT2D eigenvalue weighted by Gasteiger charge is 2.42. The maximum Gasteiger partial charge on any atom is 0.393 e. The zero-order valence-electron chi connectivity index (χ0n) is 14.5. The van der Waals surface area contributed by atoms with Gasteiger partial charge in [-0.15, -0.1) is 0 Å². The van der Waals surface area contributed by atoms with Crippen LogP contribution >= 0.6 is 0 Å². The van der Waals surface area contributed by atoms with Gasteiger partial charge in [-0.3, -0.25) is 10.1 Å². The van der Waals surface area contributed by atoms with Crippen molar-refractivity contribution in [2.24, 2.45) is 5.92 Å². The molecule has 0 aromatic heterocycles. The summed E-state index contributed by atoms with van der Waals surface area (Å²) in [4.78, 5) is 13.0. The highest BCUT2D eigenvalue weighted by atomic mass is 19.4. The summed E-state index contributed by atoms with van der Waals surface area (Å²) in [5, 5.41) is 11.2. The Kier molecular flexibility index (Phi) is 6.10. The highest BCUT2D eigenvalue weighted by Crippen LogP contribution is 2.37. The third kappa shape index (κ3) is 5.64. The van der Waals surface area contributed by atoms with Gasteiger partial charge in [0.15, 0.2) is 0 Å². The predicted octanol–water partition coefficient (Wildman–Crippen LogP) is 4.76. The molecule has 1 heterocycles. The first-order valence-corrected chi connectivity index (χ1v) is 8.26. The summed E-state index contributed by atoms with van der Waals surface area (Å²) in [7, 11) is 1.28. The summed E-state index contributed by atoms with van der Waals surface area (Å²) in [6.07, 6.45) is -9.62. The number of alkyl halides is 6. The summed E-state index contributed by atoms with van der Waals surface area (Å²) < 4.78 is 76.3. The molecule has 11 heteroatoms. The Balaban J connectivity index is 2.27. The summed E-state index contributed by atoms with van der Waals surface area (Å²) in [5.41, 5.74) is -0.132. The van der Waals surface area contributed by atoms with E-state index in [1.807, 2.05) is 0 Å². The van der Waals surface area contributed by atoms with Crippen molar-refractivity contribution in [3.05, 3.63) is 28.3 Å². The zero-order chi connectivity index (χ0) is 20.4. The number of hydrogen-bond donors (Lipinski definition) is 0. The van der Waals surface area contributed by atoms with Crippen LogP contribution in [-0.4, -0.2) is 44.0 Å². The Labute approximate surface area is 151 Å². The lowest BCUT2D eigenvalue weighted by Crippen LogP contribution is -2.41. The van der Waals surface area contributed by atoms with Crippen LogP contribution < -0.4 is 9.80 Å². The number of anilines is 2. The molecule has 1 aliphatic rings. The van der Waals surface area contributed by atoms with Crippen LogP contribution in [0, 0.1) is 16.0 Å². The summed E-state index contributed by atoms with van der Waals surface area (Å²) >= 11 is 0. The fraction of sp³-hybridized carbons (Fsp3) is 0.625. The second-order valence-electron chi connectivity index (χ2n) is 6.54. The first kappa shape index (κ1) is 21.1. The number of nitro benzene ring substituents is 1. The molecule has 1 unspecified atom stereocenters. The lowest BCUT2D eigenvalue weighted by molar-refractivity contribution is -0.384. The third-order valence-electron chi connectivity index (χ3n) is 4.55. The van der Waals surface area contributed by atoms with Gasteiger partial charge in [-0.25, -0.2) is 0 Å². The predicted molar refractivity (Wildman–Crippen MR) is 88.0 cm³/mol. The van der Waals surface area contributed by atoms with Crippen LogP contribution in [0.4, 0.5) is 43.4 Å². The molecular formula is C16H19F6N3O2. The number of hydrogen-bond acceptors (Lipinski definition) is 4. The zero-order valence-corrected chi connectivity index (χ0v) is 14.5. The van der Waals surface area contributed by atoms with E-state index in [4.69, 9.17) is 0 Å². The van der Waals surface area contributed by atoms with Gasteiger partial charge in [0.1, 0.15) is 5.69 Å². The largest absolute Gasteiger partial charge is 0.393 e. The Morgan fingerprint density at radius 3 is 2.48 bits per heavy atom. The summed E-state index contributed by atoms with van der Waals surface area (Å²) in [5.74, 6) is -1.51. The Morgan fingerprint density at radius 1 is 1.26 bits per heavy atom. The molecular weight excluding hydrogens is 380 g/mol. The van der Waals surface area contributed by atoms with Gasteiger partial charge in [0.2, 0.25) is 0 Å². The molecule has 2 rings (SSSR count). The molecule has 1 fully saturated rings. The van der Waals surface area contributed by atoms with Gasteiger partial charge in [0.05, 0.1) is 17.3 Å². The average Bonchev–Trinajstić information content (AvgIpc) is 2.57. The maximum absolute atomic E-state index is 13.0. The minimum absolute atomic E-state index is 0.00528. The van der Waals surface area contributed by atoms with Gasteiger partial charge in [-0.2, -0.15) is 26.3 Å². The third-order valence-corrected chi connectivity index (χ3v) is 4.55. The lowest BCUT2D eigenvalue weighted by atomic mass is 9.97. The number of piperidine rings is 1. The fourth-order valence-electron chi connectivity index (χ4n) is 3.06. The molecule has 0 saturated carbocycles. The van der Waals surface area contributed by atoms with Crippen LogP contribution in [0.3, 0.4) is 0 Å². The van der Waals surface area contributed by atoms with Crippen LogP contribution in [0.25, 0.3) is 0 Å². The molecule has 0 amide bonds. The van der Waals surface area contributed by atoms with Crippen molar-refractivity contribution >= 4 is 17.1 Å². The molecule has 0 N–H and O–H groups in total. The van der Waals surface area contributed by atoms with Gasteiger partial charge < -0.3 is 9.80 Å². The van der Waals surface area contributed by atoms with E-state index in [2.05, 4.69) is 0 Å². The molecule has 1 aliphatic heterocycles. The van der Waals surface area contributed by atoms with Crippen molar-refractivity contribution in [1.82, 2.24) is 0 Å². The van der Waals surface area contributed by atoms with Crippen molar-refractivity contribution in [2.45, 2.75) is 31.6 Å². The van der Waals surface area contributed by atoms with E-state index in [1.54, 1.807) is 0 Å². The number of halogens is 6. The molecule has 0 radical (unpaired) electrons. The second-order valence-corrected chi connectivity index (χ2v) is 6.54. The van der Waals surface area contributed by atoms with Crippen LogP contribution in [-0.2, 0) is 0 Å². The smallest absolute Gasteiger partial charge is 0.371 e. The van der Waals surface area contributed by atoms with Crippen LogP contribution in [0.5, 0.6) is 0 Å². The Bertz CT molecular complexity index is 677. The minimum Gasteiger partial charge on any atom is -0.371 e. The van der Waals surface area contributed by atoms with E-state index in [1.165, 1.54) is 24.1 Å². The first-order chi connectivity index (χ1) is 12.4. The van der Waals surface area contributed by atoms with Gasteiger partial charge >= 0.3 is 12.4 Å². The van der Waals surface area contributed by atoms with Crippen molar-refractivity contribution in [2.75, 3.05) is 36.5 Å². The van der Waals surface area contributed by atoms with Crippen molar-refractivity contribution in [3.63, 3.8) is 0 Å². The van der Waals surface area contributed by atoms with Crippen LogP contribution in [0.15, 0.2) is 18.2 Å². The molecule has 152 valence electrons. The van der Waals surface area contributed by atoms with E-state index >= 15 is 0 Å². The van der Waals surface area contributed by atoms with E-state index < -0.39 is 41.8 Å². The normalized spacial score (nSPS) is 18.5. The molecule has 1 aromatic carbocycles. The van der Waals surface area contributed by atoms with Gasteiger partial charge in [-0.1, -0.05) is 0 Å². The molecule has 0 aliphatic carbocycles. The molecule has 27 heavy (non-hydrogen) atoms. The lowest BCUT2D eigenvalue weighted by Gasteiger charge is -2.35. The Morgan fingerprint density at radius 2 is 1.93 bits per heavy atom. The Hall–Kier alpha value is -2.20. The fourth-order valence-corrected chi connectivity index (χ4v) is 3.06. The minimum atomic E-state index is -4.42. The number of benzene rings is 1. The molecule has 1 saturated heterocycles. The first-order valence-electron chi connectivity index (χ1n) is 8.26. The second kappa shape index (κ2) is 7.81. The summed E-state index contributed by atoms with van der Waals surface area (Å²) in [6.45, 7) is -0.442. The van der Waals surface area contributed by atoms with Gasteiger partial charge in [-0.05, 0) is 25.0 Å². The van der Waals surface area contributed by atoms with Crippen LogP contribution in [0.1, 0.15) is 19.3 Å². The topological polar surface area (TPSA) is 49.6 Å². The molecule has 5 nitrogen and oxygen atoms in total. The average molecular weight is 399 g/mol. The summed E-state index contributed by atoms with van der Waals surface area (Å²) in [6, 6.07) is 3.73.